The summed E-state index contributed by atoms with van der Waals surface area (Å²) in [6, 6.07) is 10.8. The number of amides is 2. The lowest BCUT2D eigenvalue weighted by Gasteiger charge is -2.01. The van der Waals surface area contributed by atoms with Crippen LogP contribution in [-0.2, 0) is 16.1 Å². The van der Waals surface area contributed by atoms with Crippen LogP contribution in [0.1, 0.15) is 11.3 Å². The maximum atomic E-state index is 11.5. The van der Waals surface area contributed by atoms with E-state index in [9.17, 15) is 9.59 Å². The zero-order chi connectivity index (χ0) is 15.1. The summed E-state index contributed by atoms with van der Waals surface area (Å²) in [5.74, 6) is -1.06. The molecule has 0 unspecified atom stereocenters. The van der Waals surface area contributed by atoms with Gasteiger partial charge in [-0.2, -0.15) is 5.10 Å². The van der Waals surface area contributed by atoms with Crippen molar-refractivity contribution in [3.05, 3.63) is 58.5 Å². The number of hydrogen-bond donors (Lipinski definition) is 2. The van der Waals surface area contributed by atoms with E-state index in [1.165, 1.54) is 12.5 Å². The third-order valence-electron chi connectivity index (χ3n) is 2.48. The Morgan fingerprint density at radius 1 is 1.19 bits per heavy atom. The Hall–Kier alpha value is -2.41. The molecule has 1 aromatic carbocycles. The van der Waals surface area contributed by atoms with Crippen LogP contribution in [0.2, 0.25) is 0 Å². The number of hydrazone groups is 1. The molecular weight excluding hydrogens is 338 g/mol. The molecular formula is C14H12BrN3O3. The van der Waals surface area contributed by atoms with Gasteiger partial charge in [-0.1, -0.05) is 34.1 Å². The molecule has 0 aliphatic carbocycles. The fourth-order valence-electron chi connectivity index (χ4n) is 1.45. The third-order valence-corrected chi connectivity index (χ3v) is 3.21. The number of hydrogen-bond acceptors (Lipinski definition) is 4. The van der Waals surface area contributed by atoms with Gasteiger partial charge in [-0.25, -0.2) is 5.43 Å². The second-order valence-corrected chi connectivity index (χ2v) is 4.84. The highest BCUT2D eigenvalue weighted by Crippen LogP contribution is 2.13. The summed E-state index contributed by atoms with van der Waals surface area (Å²) in [4.78, 5) is 23.0. The van der Waals surface area contributed by atoms with Crippen molar-refractivity contribution in [1.29, 1.82) is 0 Å². The summed E-state index contributed by atoms with van der Waals surface area (Å²) in [5, 5.41) is 6.15. The van der Waals surface area contributed by atoms with Gasteiger partial charge in [0.15, 0.2) is 0 Å². The molecule has 7 heteroatoms. The van der Waals surface area contributed by atoms with Crippen molar-refractivity contribution in [3.63, 3.8) is 0 Å². The maximum absolute atomic E-state index is 11.5. The molecule has 108 valence electrons. The fraction of sp³-hybridized carbons (Fsp3) is 0.0714. The largest absolute Gasteiger partial charge is 0.467 e. The summed E-state index contributed by atoms with van der Waals surface area (Å²) >= 11 is 3.35. The Kier molecular flexibility index (Phi) is 5.28. The fourth-order valence-corrected chi connectivity index (χ4v) is 1.84. The number of rotatable bonds is 4. The molecule has 0 saturated carbocycles. The minimum Gasteiger partial charge on any atom is -0.467 e. The number of halogens is 1. The smallest absolute Gasteiger partial charge is 0.329 e. The summed E-state index contributed by atoms with van der Waals surface area (Å²) in [7, 11) is 0. The molecule has 0 spiro atoms. The lowest BCUT2D eigenvalue weighted by molar-refractivity contribution is -0.139. The molecule has 2 N–H and O–H groups in total. The van der Waals surface area contributed by atoms with Gasteiger partial charge in [-0.15, -0.1) is 0 Å². The first-order valence-corrected chi connectivity index (χ1v) is 6.84. The predicted molar refractivity (Wildman–Crippen MR) is 80.4 cm³/mol. The van der Waals surface area contributed by atoms with Crippen LogP contribution in [0, 0.1) is 0 Å². The molecule has 1 heterocycles. The van der Waals surface area contributed by atoms with Gasteiger partial charge in [-0.3, -0.25) is 9.59 Å². The van der Waals surface area contributed by atoms with Crippen LogP contribution in [-0.4, -0.2) is 18.0 Å². The van der Waals surface area contributed by atoms with Gasteiger partial charge in [-0.05, 0) is 18.2 Å². The molecule has 21 heavy (non-hydrogen) atoms. The van der Waals surface area contributed by atoms with E-state index in [0.29, 0.717) is 5.76 Å². The highest BCUT2D eigenvalue weighted by Gasteiger charge is 2.12. The Labute approximate surface area is 129 Å². The number of carbonyl (C=O) groups is 2. The lowest BCUT2D eigenvalue weighted by Crippen LogP contribution is -2.37. The minimum absolute atomic E-state index is 0.146. The third kappa shape index (κ3) is 4.57. The Morgan fingerprint density at radius 3 is 2.71 bits per heavy atom. The molecule has 2 amide bonds. The molecule has 6 nitrogen and oxygen atoms in total. The Bertz CT molecular complexity index is 653. The molecule has 0 bridgehead atoms. The quantitative estimate of drug-likeness (QED) is 0.501. The SMILES string of the molecule is O=C(NCc1ccco1)C(=O)N/N=C\c1ccccc1Br. The topological polar surface area (TPSA) is 83.7 Å². The molecule has 0 saturated heterocycles. The Balaban J connectivity index is 1.81. The normalized spacial score (nSPS) is 10.5. The van der Waals surface area contributed by atoms with Crippen molar-refractivity contribution in [2.45, 2.75) is 6.54 Å². The van der Waals surface area contributed by atoms with E-state index in [4.69, 9.17) is 4.42 Å². The van der Waals surface area contributed by atoms with Gasteiger partial charge in [0.2, 0.25) is 0 Å². The Morgan fingerprint density at radius 2 is 2.00 bits per heavy atom. The van der Waals surface area contributed by atoms with E-state index in [-0.39, 0.29) is 6.54 Å². The molecule has 2 rings (SSSR count). The van der Waals surface area contributed by atoms with E-state index in [0.717, 1.165) is 10.0 Å². The zero-order valence-electron chi connectivity index (χ0n) is 10.9. The van der Waals surface area contributed by atoms with E-state index >= 15 is 0 Å². The van der Waals surface area contributed by atoms with Crippen molar-refractivity contribution >= 4 is 34.0 Å². The number of nitrogens with zero attached hydrogens (tertiary/aromatic N) is 1. The zero-order valence-corrected chi connectivity index (χ0v) is 12.5. The van der Waals surface area contributed by atoms with Gasteiger partial charge >= 0.3 is 11.8 Å². The lowest BCUT2D eigenvalue weighted by atomic mass is 10.2. The van der Waals surface area contributed by atoms with Crippen LogP contribution >= 0.6 is 15.9 Å². The molecule has 0 aliphatic heterocycles. The molecule has 1 aromatic heterocycles. The van der Waals surface area contributed by atoms with Crippen LogP contribution < -0.4 is 10.7 Å². The van der Waals surface area contributed by atoms with Gasteiger partial charge in [0.05, 0.1) is 19.0 Å². The molecule has 0 fully saturated rings. The van der Waals surface area contributed by atoms with Crippen LogP contribution in [0.4, 0.5) is 0 Å². The van der Waals surface area contributed by atoms with Gasteiger partial charge in [0.1, 0.15) is 5.76 Å². The highest BCUT2D eigenvalue weighted by molar-refractivity contribution is 9.10. The standard InChI is InChI=1S/C14H12BrN3O3/c15-12-6-2-1-4-10(12)8-17-18-14(20)13(19)16-9-11-5-3-7-21-11/h1-8H,9H2,(H,16,19)(H,18,20)/b17-8-. The van der Waals surface area contributed by atoms with Crippen molar-refractivity contribution in [3.8, 4) is 0 Å². The summed E-state index contributed by atoms with van der Waals surface area (Å²) in [6.45, 7) is 0.146. The molecule has 0 aliphatic rings. The van der Waals surface area contributed by atoms with Crippen LogP contribution in [0.5, 0.6) is 0 Å². The summed E-state index contributed by atoms with van der Waals surface area (Å²) in [5.41, 5.74) is 2.94. The van der Waals surface area contributed by atoms with E-state index in [1.54, 1.807) is 12.1 Å². The first-order chi connectivity index (χ1) is 10.2. The van der Waals surface area contributed by atoms with Crippen LogP contribution in [0.25, 0.3) is 0 Å². The maximum Gasteiger partial charge on any atom is 0.329 e. The molecule has 2 aromatic rings. The van der Waals surface area contributed by atoms with Crippen molar-refractivity contribution in [2.24, 2.45) is 5.10 Å². The van der Waals surface area contributed by atoms with E-state index in [2.05, 4.69) is 31.8 Å². The van der Waals surface area contributed by atoms with Gasteiger partial charge in [0, 0.05) is 10.0 Å². The first-order valence-electron chi connectivity index (χ1n) is 6.05. The van der Waals surface area contributed by atoms with E-state index in [1.807, 2.05) is 24.3 Å². The predicted octanol–water partition coefficient (Wildman–Crippen LogP) is 1.81. The summed E-state index contributed by atoms with van der Waals surface area (Å²) < 4.78 is 5.87. The van der Waals surface area contributed by atoms with Crippen LogP contribution in [0.3, 0.4) is 0 Å². The van der Waals surface area contributed by atoms with Crippen molar-refractivity contribution in [2.75, 3.05) is 0 Å². The number of benzene rings is 1. The number of nitrogens with one attached hydrogen (secondary N) is 2. The van der Waals surface area contributed by atoms with E-state index < -0.39 is 11.8 Å². The number of furan rings is 1. The van der Waals surface area contributed by atoms with Crippen LogP contribution in [0.15, 0.2) is 56.7 Å². The average molecular weight is 350 g/mol. The molecule has 0 radical (unpaired) electrons. The summed E-state index contributed by atoms with van der Waals surface area (Å²) in [6.07, 6.45) is 2.94. The second kappa shape index (κ2) is 7.39. The van der Waals surface area contributed by atoms with Crippen molar-refractivity contribution in [1.82, 2.24) is 10.7 Å². The highest BCUT2D eigenvalue weighted by atomic mass is 79.9. The second-order valence-electron chi connectivity index (χ2n) is 3.98. The van der Waals surface area contributed by atoms with Gasteiger partial charge in [0.25, 0.3) is 0 Å². The number of carbonyl (C=O) groups excluding carboxylic acids is 2. The molecule has 0 atom stereocenters. The monoisotopic (exact) mass is 349 g/mol. The van der Waals surface area contributed by atoms with Crippen molar-refractivity contribution < 1.29 is 14.0 Å². The van der Waals surface area contributed by atoms with Gasteiger partial charge < -0.3 is 9.73 Å². The first kappa shape index (κ1) is 15.0. The average Bonchev–Trinajstić information content (AvgIpc) is 3.00. The minimum atomic E-state index is -0.843.